The molecule has 0 spiro atoms. The minimum atomic E-state index is -0.0769. The Morgan fingerprint density at radius 1 is 1.16 bits per heavy atom. The molecular formula is C16H18N2O. The van der Waals surface area contributed by atoms with Crippen molar-refractivity contribution in [2.75, 3.05) is 0 Å². The molecule has 4 saturated carbocycles. The van der Waals surface area contributed by atoms with Crippen LogP contribution in [-0.4, -0.2) is 4.57 Å². The summed E-state index contributed by atoms with van der Waals surface area (Å²) < 4.78 is 1.91. The highest BCUT2D eigenvalue weighted by molar-refractivity contribution is 5.26. The van der Waals surface area contributed by atoms with E-state index in [2.05, 4.69) is 0 Å². The highest BCUT2D eigenvalue weighted by Gasteiger charge is 2.52. The average Bonchev–Trinajstić information content (AvgIpc) is 2.37. The minimum absolute atomic E-state index is 0.0265. The number of pyridine rings is 1. The van der Waals surface area contributed by atoms with Gasteiger partial charge in [-0.15, -0.1) is 0 Å². The van der Waals surface area contributed by atoms with Crippen LogP contribution in [0.25, 0.3) is 0 Å². The monoisotopic (exact) mass is 254 g/mol. The van der Waals surface area contributed by atoms with E-state index in [-0.39, 0.29) is 11.1 Å². The average molecular weight is 254 g/mol. The molecule has 4 bridgehead atoms. The molecule has 5 rings (SSSR count). The fourth-order valence-corrected chi connectivity index (χ4v) is 5.31. The Kier molecular flexibility index (Phi) is 2.21. The second kappa shape index (κ2) is 3.72. The fraction of sp³-hybridized carbons (Fsp3) is 0.625. The summed E-state index contributed by atoms with van der Waals surface area (Å²) in [6.45, 7) is 0. The predicted octanol–water partition coefficient (Wildman–Crippen LogP) is 2.65. The summed E-state index contributed by atoms with van der Waals surface area (Å²) in [6, 6.07) is 5.53. The summed E-state index contributed by atoms with van der Waals surface area (Å²) in [7, 11) is 0. The van der Waals surface area contributed by atoms with Crippen LogP contribution in [-0.2, 0) is 5.54 Å². The van der Waals surface area contributed by atoms with Crippen molar-refractivity contribution in [2.24, 2.45) is 17.8 Å². The van der Waals surface area contributed by atoms with E-state index in [1.54, 1.807) is 6.07 Å². The first-order chi connectivity index (χ1) is 9.20. The first kappa shape index (κ1) is 11.3. The van der Waals surface area contributed by atoms with Gasteiger partial charge in [0.15, 0.2) is 0 Å². The zero-order valence-corrected chi connectivity index (χ0v) is 11.0. The van der Waals surface area contributed by atoms with Crippen molar-refractivity contribution >= 4 is 0 Å². The normalized spacial score (nSPS) is 39.2. The second-order valence-corrected chi connectivity index (χ2v) is 6.85. The molecule has 4 fully saturated rings. The van der Waals surface area contributed by atoms with E-state index < -0.39 is 0 Å². The number of hydrogen-bond donors (Lipinski definition) is 0. The molecule has 3 nitrogen and oxygen atoms in total. The van der Waals surface area contributed by atoms with Gasteiger partial charge in [-0.1, -0.05) is 0 Å². The van der Waals surface area contributed by atoms with Crippen LogP contribution >= 0.6 is 0 Å². The van der Waals surface area contributed by atoms with Crippen molar-refractivity contribution in [1.82, 2.24) is 4.57 Å². The quantitative estimate of drug-likeness (QED) is 0.773. The van der Waals surface area contributed by atoms with E-state index >= 15 is 0 Å². The fourth-order valence-electron chi connectivity index (χ4n) is 5.31. The Morgan fingerprint density at radius 3 is 2.26 bits per heavy atom. The first-order valence-electron chi connectivity index (χ1n) is 7.32. The third-order valence-corrected chi connectivity index (χ3v) is 5.58. The summed E-state index contributed by atoms with van der Waals surface area (Å²) in [5.74, 6) is 2.43. The molecule has 1 aromatic heterocycles. The third kappa shape index (κ3) is 1.52. The lowest BCUT2D eigenvalue weighted by molar-refractivity contribution is -0.0448. The highest BCUT2D eigenvalue weighted by atomic mass is 16.1. The van der Waals surface area contributed by atoms with Crippen molar-refractivity contribution in [3.05, 3.63) is 34.2 Å². The van der Waals surface area contributed by atoms with E-state index in [1.807, 2.05) is 22.9 Å². The standard InChI is InChI=1S/C16H18N2O/c17-10-14-2-1-3-18(15(14)19)16-7-11-4-12(8-16)6-13(5-11)9-16/h1-3,11-13H,4-9H2. The summed E-state index contributed by atoms with van der Waals surface area (Å²) >= 11 is 0. The lowest BCUT2D eigenvalue weighted by atomic mass is 9.53. The van der Waals surface area contributed by atoms with Crippen LogP contribution in [0.2, 0.25) is 0 Å². The Morgan fingerprint density at radius 2 is 1.74 bits per heavy atom. The van der Waals surface area contributed by atoms with Gasteiger partial charge in [0.1, 0.15) is 11.6 Å². The van der Waals surface area contributed by atoms with Crippen LogP contribution in [0.4, 0.5) is 0 Å². The summed E-state index contributed by atoms with van der Waals surface area (Å²) in [6.07, 6.45) is 9.45. The smallest absolute Gasteiger partial charge is 0.268 e. The zero-order valence-electron chi connectivity index (χ0n) is 11.0. The topological polar surface area (TPSA) is 45.8 Å². The third-order valence-electron chi connectivity index (χ3n) is 5.58. The van der Waals surface area contributed by atoms with Gasteiger partial charge >= 0.3 is 0 Å². The van der Waals surface area contributed by atoms with Crippen molar-refractivity contribution < 1.29 is 0 Å². The van der Waals surface area contributed by atoms with Gasteiger partial charge in [0.05, 0.1) is 0 Å². The number of aromatic nitrogens is 1. The first-order valence-corrected chi connectivity index (χ1v) is 7.32. The number of hydrogen-bond acceptors (Lipinski definition) is 2. The maximum atomic E-state index is 12.5. The van der Waals surface area contributed by atoms with Gasteiger partial charge in [-0.3, -0.25) is 4.79 Å². The van der Waals surface area contributed by atoms with Crippen LogP contribution in [0.1, 0.15) is 44.1 Å². The van der Waals surface area contributed by atoms with Gasteiger partial charge in [-0.2, -0.15) is 5.26 Å². The maximum Gasteiger partial charge on any atom is 0.268 e. The molecule has 0 amide bonds. The second-order valence-electron chi connectivity index (χ2n) is 6.85. The predicted molar refractivity (Wildman–Crippen MR) is 71.6 cm³/mol. The molecule has 3 heteroatoms. The molecule has 1 aromatic rings. The molecule has 0 saturated heterocycles. The van der Waals surface area contributed by atoms with E-state index in [0.29, 0.717) is 5.56 Å². The highest BCUT2D eigenvalue weighted by Crippen LogP contribution is 2.58. The van der Waals surface area contributed by atoms with Gasteiger partial charge in [0.2, 0.25) is 0 Å². The molecule has 19 heavy (non-hydrogen) atoms. The molecule has 4 aliphatic rings. The Bertz CT molecular complexity index is 587. The Balaban J connectivity index is 1.85. The van der Waals surface area contributed by atoms with Crippen molar-refractivity contribution in [3.8, 4) is 6.07 Å². The van der Waals surface area contributed by atoms with Gasteiger partial charge in [-0.25, -0.2) is 0 Å². The van der Waals surface area contributed by atoms with Gasteiger partial charge in [-0.05, 0) is 68.4 Å². The molecule has 0 N–H and O–H groups in total. The SMILES string of the molecule is N#Cc1cccn(C23CC4CC(CC(C4)C2)C3)c1=O. The lowest BCUT2D eigenvalue weighted by Gasteiger charge is -2.57. The minimum Gasteiger partial charge on any atom is -0.308 e. The largest absolute Gasteiger partial charge is 0.308 e. The Labute approximate surface area is 112 Å². The van der Waals surface area contributed by atoms with Gasteiger partial charge in [0, 0.05) is 11.7 Å². The maximum absolute atomic E-state index is 12.5. The Hall–Kier alpha value is -1.56. The zero-order chi connectivity index (χ0) is 13.0. The van der Waals surface area contributed by atoms with Crippen LogP contribution in [0.5, 0.6) is 0 Å². The van der Waals surface area contributed by atoms with Crippen molar-refractivity contribution in [1.29, 1.82) is 5.26 Å². The van der Waals surface area contributed by atoms with Crippen molar-refractivity contribution in [2.45, 2.75) is 44.1 Å². The molecule has 0 aliphatic heterocycles. The molecule has 1 heterocycles. The molecule has 0 aromatic carbocycles. The summed E-state index contributed by atoms with van der Waals surface area (Å²) in [5.41, 5.74) is 0.240. The number of nitriles is 1. The van der Waals surface area contributed by atoms with E-state index in [4.69, 9.17) is 5.26 Å². The van der Waals surface area contributed by atoms with Gasteiger partial charge in [0.25, 0.3) is 5.56 Å². The van der Waals surface area contributed by atoms with E-state index in [9.17, 15) is 4.79 Å². The number of nitrogens with zero attached hydrogens (tertiary/aromatic N) is 2. The van der Waals surface area contributed by atoms with Crippen LogP contribution < -0.4 is 5.56 Å². The van der Waals surface area contributed by atoms with Crippen molar-refractivity contribution in [3.63, 3.8) is 0 Å². The molecule has 4 aliphatic carbocycles. The summed E-state index contributed by atoms with van der Waals surface area (Å²) in [5, 5.41) is 9.06. The molecule has 0 unspecified atom stereocenters. The van der Waals surface area contributed by atoms with E-state index in [1.165, 1.54) is 19.3 Å². The van der Waals surface area contributed by atoms with Crippen LogP contribution in [0, 0.1) is 29.1 Å². The molecular weight excluding hydrogens is 236 g/mol. The molecule has 0 radical (unpaired) electrons. The van der Waals surface area contributed by atoms with E-state index in [0.717, 1.165) is 37.0 Å². The number of rotatable bonds is 1. The summed E-state index contributed by atoms with van der Waals surface area (Å²) in [4.78, 5) is 12.5. The molecule has 98 valence electrons. The van der Waals surface area contributed by atoms with Crippen LogP contribution in [0.15, 0.2) is 23.1 Å². The van der Waals surface area contributed by atoms with Crippen LogP contribution in [0.3, 0.4) is 0 Å². The lowest BCUT2D eigenvalue weighted by Crippen LogP contribution is -2.54. The molecule has 0 atom stereocenters. The van der Waals surface area contributed by atoms with Gasteiger partial charge < -0.3 is 4.57 Å².